The van der Waals surface area contributed by atoms with E-state index in [2.05, 4.69) is 6.08 Å². The van der Waals surface area contributed by atoms with Crippen molar-refractivity contribution in [1.82, 2.24) is 0 Å². The molecule has 3 unspecified atom stereocenters. The van der Waals surface area contributed by atoms with Crippen LogP contribution in [0.4, 0.5) is 0 Å². The summed E-state index contributed by atoms with van der Waals surface area (Å²) in [5.74, 6) is 2.40. The van der Waals surface area contributed by atoms with E-state index in [1.54, 1.807) is 0 Å². The van der Waals surface area contributed by atoms with E-state index in [4.69, 9.17) is 0 Å². The highest BCUT2D eigenvalue weighted by molar-refractivity contribution is 5.17. The number of rotatable bonds is 2. The predicted octanol–water partition coefficient (Wildman–Crippen LogP) is 4.06. The van der Waals surface area contributed by atoms with Crippen LogP contribution in [0.15, 0.2) is 11.6 Å². The van der Waals surface area contributed by atoms with Crippen LogP contribution in [0, 0.1) is 17.8 Å². The molecule has 0 bridgehead atoms. The Morgan fingerprint density at radius 2 is 1.65 bits per heavy atom. The van der Waals surface area contributed by atoms with Crippen LogP contribution in [0.2, 0.25) is 0 Å². The van der Waals surface area contributed by atoms with Gasteiger partial charge in [0.15, 0.2) is 0 Å². The molecule has 17 heavy (non-hydrogen) atoms. The Balaban J connectivity index is 1.63. The molecule has 0 saturated heterocycles. The van der Waals surface area contributed by atoms with Crippen LogP contribution in [0.3, 0.4) is 0 Å². The number of hydrogen-bond acceptors (Lipinski definition) is 1. The zero-order chi connectivity index (χ0) is 11.7. The zero-order valence-electron chi connectivity index (χ0n) is 10.9. The van der Waals surface area contributed by atoms with Crippen molar-refractivity contribution in [3.63, 3.8) is 0 Å². The maximum absolute atomic E-state index is 10.6. The van der Waals surface area contributed by atoms with Crippen molar-refractivity contribution in [2.45, 2.75) is 70.3 Å². The molecule has 0 aliphatic heterocycles. The molecule has 1 N–H and O–H groups in total. The monoisotopic (exact) mass is 234 g/mol. The summed E-state index contributed by atoms with van der Waals surface area (Å²) >= 11 is 0. The number of aliphatic hydroxyl groups is 1. The normalized spacial score (nSPS) is 39.6. The topological polar surface area (TPSA) is 20.2 Å². The molecule has 2 fully saturated rings. The lowest BCUT2D eigenvalue weighted by Crippen LogP contribution is -2.16. The lowest BCUT2D eigenvalue weighted by molar-refractivity contribution is 0.170. The van der Waals surface area contributed by atoms with Crippen molar-refractivity contribution < 1.29 is 5.11 Å². The van der Waals surface area contributed by atoms with Gasteiger partial charge in [-0.15, -0.1) is 0 Å². The summed E-state index contributed by atoms with van der Waals surface area (Å²) < 4.78 is 0. The molecule has 1 heteroatoms. The second kappa shape index (κ2) is 5.14. The van der Waals surface area contributed by atoms with Crippen molar-refractivity contribution in [2.75, 3.05) is 0 Å². The zero-order valence-corrected chi connectivity index (χ0v) is 10.9. The molecule has 3 rings (SSSR count). The standard InChI is InChI=1S/C16H26O/c17-16(12-8-4-2-1-3-5-9-12)15-13-10-6-7-11-14(13)15/h8,13-17H,1-7,9-11H2. The Morgan fingerprint density at radius 3 is 2.41 bits per heavy atom. The van der Waals surface area contributed by atoms with E-state index >= 15 is 0 Å². The fourth-order valence-corrected chi connectivity index (χ4v) is 4.25. The highest BCUT2D eigenvalue weighted by Crippen LogP contribution is 2.58. The number of aliphatic hydroxyl groups excluding tert-OH is 1. The molecule has 3 aliphatic carbocycles. The summed E-state index contributed by atoms with van der Waals surface area (Å²) in [6, 6.07) is 0. The highest BCUT2D eigenvalue weighted by Gasteiger charge is 2.54. The average Bonchev–Trinajstić information content (AvgIpc) is 3.01. The molecule has 0 amide bonds. The fourth-order valence-electron chi connectivity index (χ4n) is 4.25. The van der Waals surface area contributed by atoms with Gasteiger partial charge in [-0.2, -0.15) is 0 Å². The number of fused-ring (bicyclic) bond motifs is 1. The van der Waals surface area contributed by atoms with E-state index in [-0.39, 0.29) is 6.10 Å². The number of allylic oxidation sites excluding steroid dienone is 1. The summed E-state index contributed by atoms with van der Waals surface area (Å²) in [6.07, 6.45) is 15.6. The summed E-state index contributed by atoms with van der Waals surface area (Å²) in [5.41, 5.74) is 1.39. The molecule has 0 heterocycles. The van der Waals surface area contributed by atoms with E-state index in [0.29, 0.717) is 5.92 Å². The first-order chi connectivity index (χ1) is 8.38. The first-order valence-corrected chi connectivity index (χ1v) is 7.75. The van der Waals surface area contributed by atoms with E-state index in [9.17, 15) is 5.11 Å². The molecule has 2 saturated carbocycles. The Morgan fingerprint density at radius 1 is 0.941 bits per heavy atom. The van der Waals surface area contributed by atoms with Gasteiger partial charge in [0.2, 0.25) is 0 Å². The van der Waals surface area contributed by atoms with Gasteiger partial charge in [0.25, 0.3) is 0 Å². The van der Waals surface area contributed by atoms with Gasteiger partial charge in [-0.05, 0) is 61.9 Å². The van der Waals surface area contributed by atoms with Gasteiger partial charge in [0, 0.05) is 0 Å². The molecular formula is C16H26O. The lowest BCUT2D eigenvalue weighted by Gasteiger charge is -2.17. The summed E-state index contributed by atoms with van der Waals surface area (Å²) in [7, 11) is 0. The van der Waals surface area contributed by atoms with E-state index < -0.39 is 0 Å². The minimum atomic E-state index is -0.0822. The van der Waals surface area contributed by atoms with E-state index in [1.807, 2.05) is 0 Å². The third-order valence-electron chi connectivity index (χ3n) is 5.29. The molecule has 96 valence electrons. The van der Waals surface area contributed by atoms with E-state index in [1.165, 1.54) is 63.4 Å². The first-order valence-electron chi connectivity index (χ1n) is 7.75. The van der Waals surface area contributed by atoms with Gasteiger partial charge in [-0.25, -0.2) is 0 Å². The molecule has 3 atom stereocenters. The maximum Gasteiger partial charge on any atom is 0.0783 e. The summed E-state index contributed by atoms with van der Waals surface area (Å²) in [4.78, 5) is 0. The molecule has 0 aromatic carbocycles. The van der Waals surface area contributed by atoms with Gasteiger partial charge >= 0.3 is 0 Å². The summed E-state index contributed by atoms with van der Waals surface area (Å²) in [6.45, 7) is 0. The van der Waals surface area contributed by atoms with Gasteiger partial charge < -0.3 is 5.11 Å². The second-order valence-corrected chi connectivity index (χ2v) is 6.37. The van der Waals surface area contributed by atoms with Gasteiger partial charge in [-0.3, -0.25) is 0 Å². The molecule has 0 spiro atoms. The Bertz CT molecular complexity index is 282. The van der Waals surface area contributed by atoms with Crippen molar-refractivity contribution in [3.8, 4) is 0 Å². The maximum atomic E-state index is 10.6. The largest absolute Gasteiger partial charge is 0.388 e. The van der Waals surface area contributed by atoms with E-state index in [0.717, 1.165) is 18.3 Å². The molecule has 0 aromatic rings. The van der Waals surface area contributed by atoms with Crippen LogP contribution in [0.1, 0.15) is 64.2 Å². The highest BCUT2D eigenvalue weighted by atomic mass is 16.3. The summed E-state index contributed by atoms with van der Waals surface area (Å²) in [5, 5.41) is 10.6. The molecule has 3 aliphatic rings. The van der Waals surface area contributed by atoms with Crippen LogP contribution < -0.4 is 0 Å². The lowest BCUT2D eigenvalue weighted by atomic mass is 9.93. The smallest absolute Gasteiger partial charge is 0.0783 e. The fraction of sp³-hybridized carbons (Fsp3) is 0.875. The number of hydrogen-bond donors (Lipinski definition) is 1. The SMILES string of the molecule is OC(C1=CCCCCCC1)C1C2CCCCC21. The van der Waals surface area contributed by atoms with Crippen molar-refractivity contribution in [2.24, 2.45) is 17.8 Å². The third-order valence-corrected chi connectivity index (χ3v) is 5.29. The minimum absolute atomic E-state index is 0.0822. The van der Waals surface area contributed by atoms with Gasteiger partial charge in [0.05, 0.1) is 6.10 Å². The average molecular weight is 234 g/mol. The second-order valence-electron chi connectivity index (χ2n) is 6.37. The molecule has 0 radical (unpaired) electrons. The Labute approximate surface area is 105 Å². The molecule has 0 aromatic heterocycles. The van der Waals surface area contributed by atoms with Crippen LogP contribution in [0.5, 0.6) is 0 Å². The van der Waals surface area contributed by atoms with Crippen molar-refractivity contribution >= 4 is 0 Å². The van der Waals surface area contributed by atoms with Crippen LogP contribution in [-0.4, -0.2) is 11.2 Å². The van der Waals surface area contributed by atoms with Crippen LogP contribution in [-0.2, 0) is 0 Å². The van der Waals surface area contributed by atoms with Crippen molar-refractivity contribution in [3.05, 3.63) is 11.6 Å². The molecule has 1 nitrogen and oxygen atoms in total. The quantitative estimate of drug-likeness (QED) is 0.714. The third kappa shape index (κ3) is 2.45. The minimum Gasteiger partial charge on any atom is -0.388 e. The van der Waals surface area contributed by atoms with Gasteiger partial charge in [-0.1, -0.05) is 31.8 Å². The predicted molar refractivity (Wildman–Crippen MR) is 70.7 cm³/mol. The first kappa shape index (κ1) is 11.8. The Hall–Kier alpha value is -0.300. The molecular weight excluding hydrogens is 208 g/mol. The van der Waals surface area contributed by atoms with Crippen molar-refractivity contribution in [1.29, 1.82) is 0 Å². The van der Waals surface area contributed by atoms with Crippen LogP contribution >= 0.6 is 0 Å². The van der Waals surface area contributed by atoms with Gasteiger partial charge in [0.1, 0.15) is 0 Å². The Kier molecular flexibility index (Phi) is 3.56. The van der Waals surface area contributed by atoms with Crippen LogP contribution in [0.25, 0.3) is 0 Å².